The Kier molecular flexibility index (Phi) is 5.19. The normalized spacial score (nSPS) is 23.4. The predicted molar refractivity (Wildman–Crippen MR) is 92.0 cm³/mol. The first kappa shape index (κ1) is 17.6. The van der Waals surface area contributed by atoms with Gasteiger partial charge in [0.2, 0.25) is 0 Å². The highest BCUT2D eigenvalue weighted by atomic mass is 16.6. The molecule has 25 heavy (non-hydrogen) atoms. The molecule has 1 N–H and O–H groups in total. The van der Waals surface area contributed by atoms with E-state index >= 15 is 0 Å². The lowest BCUT2D eigenvalue weighted by Crippen LogP contribution is -2.48. The van der Waals surface area contributed by atoms with Crippen LogP contribution in [0.25, 0.3) is 0 Å². The van der Waals surface area contributed by atoms with Crippen molar-refractivity contribution < 1.29 is 19.2 Å². The number of morpholine rings is 1. The number of nitrogens with one attached hydrogen (secondary N) is 1. The lowest BCUT2D eigenvalue weighted by atomic mass is 10.1. The zero-order chi connectivity index (χ0) is 18.0. The van der Waals surface area contributed by atoms with Crippen LogP contribution in [0.3, 0.4) is 0 Å². The van der Waals surface area contributed by atoms with Gasteiger partial charge in [-0.1, -0.05) is 0 Å². The second-order valence-electron chi connectivity index (χ2n) is 6.64. The molecule has 3 rings (SSSR count). The Labute approximate surface area is 146 Å². The maximum absolute atomic E-state index is 12.2. The van der Waals surface area contributed by atoms with Crippen molar-refractivity contribution >= 4 is 17.3 Å². The molecule has 8 heteroatoms. The Morgan fingerprint density at radius 3 is 2.84 bits per heavy atom. The van der Waals surface area contributed by atoms with Gasteiger partial charge in [-0.2, -0.15) is 0 Å². The highest BCUT2D eigenvalue weighted by molar-refractivity contribution is 5.96. The molecule has 0 aromatic heterocycles. The fraction of sp³-hybridized carbons (Fsp3) is 0.588. The molecule has 136 valence electrons. The van der Waals surface area contributed by atoms with E-state index in [1.807, 2.05) is 11.8 Å². The van der Waals surface area contributed by atoms with Crippen LogP contribution in [-0.4, -0.2) is 55.9 Å². The minimum atomic E-state index is -0.436. The fourth-order valence-electron chi connectivity index (χ4n) is 3.09. The van der Waals surface area contributed by atoms with Gasteiger partial charge in [-0.25, -0.2) is 0 Å². The maximum atomic E-state index is 12.2. The number of methoxy groups -OCH3 is 1. The smallest absolute Gasteiger partial charge is 0.293 e. The van der Waals surface area contributed by atoms with E-state index in [9.17, 15) is 14.9 Å². The number of nitrogens with zero attached hydrogens (tertiary/aromatic N) is 2. The lowest BCUT2D eigenvalue weighted by Gasteiger charge is -2.37. The van der Waals surface area contributed by atoms with Crippen LogP contribution in [0.15, 0.2) is 18.2 Å². The first-order valence-corrected chi connectivity index (χ1v) is 8.46. The predicted octanol–water partition coefficient (Wildman–Crippen LogP) is 1.73. The lowest BCUT2D eigenvalue weighted by molar-refractivity contribution is -0.384. The number of hydrogen-bond donors (Lipinski definition) is 1. The van der Waals surface area contributed by atoms with E-state index in [0.717, 1.165) is 12.8 Å². The van der Waals surface area contributed by atoms with Gasteiger partial charge in [0, 0.05) is 37.9 Å². The molecule has 1 aromatic rings. The van der Waals surface area contributed by atoms with E-state index < -0.39 is 4.92 Å². The topological polar surface area (TPSA) is 93.9 Å². The van der Waals surface area contributed by atoms with E-state index in [2.05, 4.69) is 5.32 Å². The number of ether oxygens (including phenoxy) is 2. The summed E-state index contributed by atoms with van der Waals surface area (Å²) < 4.78 is 10.9. The van der Waals surface area contributed by atoms with Crippen LogP contribution in [0.1, 0.15) is 30.1 Å². The van der Waals surface area contributed by atoms with Crippen molar-refractivity contribution in [3.63, 3.8) is 0 Å². The zero-order valence-corrected chi connectivity index (χ0v) is 14.4. The van der Waals surface area contributed by atoms with Crippen molar-refractivity contribution in [2.24, 2.45) is 0 Å². The summed E-state index contributed by atoms with van der Waals surface area (Å²) in [7, 11) is 1.60. The Balaban J connectivity index is 1.84. The van der Waals surface area contributed by atoms with Gasteiger partial charge in [0.15, 0.2) is 0 Å². The number of nitro groups is 1. The van der Waals surface area contributed by atoms with Gasteiger partial charge in [-0.15, -0.1) is 0 Å². The summed E-state index contributed by atoms with van der Waals surface area (Å²) in [5.41, 5.74) is 0.759. The van der Waals surface area contributed by atoms with E-state index in [-0.39, 0.29) is 29.8 Å². The van der Waals surface area contributed by atoms with E-state index in [4.69, 9.17) is 9.47 Å². The molecule has 2 fully saturated rings. The summed E-state index contributed by atoms with van der Waals surface area (Å²) in [6, 6.07) is 4.87. The molecule has 1 aliphatic carbocycles. The van der Waals surface area contributed by atoms with Gasteiger partial charge in [0.05, 0.1) is 23.7 Å². The highest BCUT2D eigenvalue weighted by Gasteiger charge is 2.30. The summed E-state index contributed by atoms with van der Waals surface area (Å²) in [5, 5.41) is 14.4. The number of carbonyl (C=O) groups excluding carboxylic acids is 1. The summed E-state index contributed by atoms with van der Waals surface area (Å²) in [4.78, 5) is 25.2. The van der Waals surface area contributed by atoms with Crippen LogP contribution < -0.4 is 10.2 Å². The van der Waals surface area contributed by atoms with Gasteiger partial charge in [-0.05, 0) is 31.9 Å². The quantitative estimate of drug-likeness (QED) is 0.621. The number of hydrogen-bond acceptors (Lipinski definition) is 6. The standard InChI is InChI=1S/C17H23N3O5/c1-11-8-19(9-14(25-11)10-24-2)15-6-3-12(7-16(15)20(22)23)17(21)18-13-4-5-13/h3,6-7,11,13-14H,4-5,8-10H2,1-2H3,(H,18,21). The molecule has 1 saturated heterocycles. The Hall–Kier alpha value is -2.19. The minimum absolute atomic E-state index is 0.0614. The average Bonchev–Trinajstić information content (AvgIpc) is 3.38. The Morgan fingerprint density at radius 2 is 2.20 bits per heavy atom. The van der Waals surface area contributed by atoms with Crippen LogP contribution in [0.2, 0.25) is 0 Å². The van der Waals surface area contributed by atoms with Gasteiger partial charge >= 0.3 is 0 Å². The van der Waals surface area contributed by atoms with Crippen LogP contribution in [-0.2, 0) is 9.47 Å². The van der Waals surface area contributed by atoms with E-state index in [0.29, 0.717) is 30.9 Å². The number of rotatable bonds is 6. The van der Waals surface area contributed by atoms with Crippen molar-refractivity contribution in [3.05, 3.63) is 33.9 Å². The zero-order valence-electron chi connectivity index (χ0n) is 14.4. The molecule has 2 atom stereocenters. The second-order valence-corrected chi connectivity index (χ2v) is 6.64. The van der Waals surface area contributed by atoms with Crippen molar-refractivity contribution in [2.45, 2.75) is 38.0 Å². The number of benzene rings is 1. The van der Waals surface area contributed by atoms with Crippen LogP contribution in [0.5, 0.6) is 0 Å². The summed E-state index contributed by atoms with van der Waals surface area (Å²) in [6.07, 6.45) is 1.73. The SMILES string of the molecule is COCC1CN(c2ccc(C(=O)NC3CC3)cc2[N+](=O)[O-])CC(C)O1. The third-order valence-corrected chi connectivity index (χ3v) is 4.37. The molecule has 0 spiro atoms. The third-order valence-electron chi connectivity index (χ3n) is 4.37. The van der Waals surface area contributed by atoms with E-state index in [1.54, 1.807) is 19.2 Å². The second kappa shape index (κ2) is 7.37. The minimum Gasteiger partial charge on any atom is -0.382 e. The van der Waals surface area contributed by atoms with Gasteiger partial charge in [-0.3, -0.25) is 14.9 Å². The fourth-order valence-corrected chi connectivity index (χ4v) is 3.09. The molecule has 1 amide bonds. The molecule has 1 aliphatic heterocycles. The molecular formula is C17H23N3O5. The van der Waals surface area contributed by atoms with Gasteiger partial charge < -0.3 is 19.7 Å². The summed E-state index contributed by atoms with van der Waals surface area (Å²) in [5.74, 6) is -0.259. The third kappa shape index (κ3) is 4.26. The van der Waals surface area contributed by atoms with Gasteiger partial charge in [0.1, 0.15) is 5.69 Å². The van der Waals surface area contributed by atoms with Crippen LogP contribution in [0.4, 0.5) is 11.4 Å². The monoisotopic (exact) mass is 349 g/mol. The van der Waals surface area contributed by atoms with Crippen LogP contribution in [0, 0.1) is 10.1 Å². The van der Waals surface area contributed by atoms with Crippen molar-refractivity contribution in [3.8, 4) is 0 Å². The molecule has 1 saturated carbocycles. The van der Waals surface area contributed by atoms with Crippen molar-refractivity contribution in [1.29, 1.82) is 0 Å². The number of nitro benzene ring substituents is 1. The average molecular weight is 349 g/mol. The van der Waals surface area contributed by atoms with Crippen LogP contribution >= 0.6 is 0 Å². The first-order chi connectivity index (χ1) is 12.0. The number of anilines is 1. The largest absolute Gasteiger partial charge is 0.382 e. The molecule has 0 radical (unpaired) electrons. The number of amides is 1. The van der Waals surface area contributed by atoms with Crippen molar-refractivity contribution in [2.75, 3.05) is 31.7 Å². The van der Waals surface area contributed by atoms with E-state index in [1.165, 1.54) is 6.07 Å². The summed E-state index contributed by atoms with van der Waals surface area (Å²) in [6.45, 7) is 3.41. The van der Waals surface area contributed by atoms with Crippen molar-refractivity contribution in [1.82, 2.24) is 5.32 Å². The molecular weight excluding hydrogens is 326 g/mol. The molecule has 2 aliphatic rings. The molecule has 1 heterocycles. The first-order valence-electron chi connectivity index (χ1n) is 8.46. The number of carbonyl (C=O) groups is 1. The Morgan fingerprint density at radius 1 is 1.44 bits per heavy atom. The molecule has 2 unspecified atom stereocenters. The van der Waals surface area contributed by atoms with Gasteiger partial charge in [0.25, 0.3) is 11.6 Å². The molecule has 1 aromatic carbocycles. The molecule has 8 nitrogen and oxygen atoms in total. The summed E-state index contributed by atoms with van der Waals surface area (Å²) >= 11 is 0. The maximum Gasteiger partial charge on any atom is 0.293 e. The highest BCUT2D eigenvalue weighted by Crippen LogP contribution is 2.32. The Bertz CT molecular complexity index is 662. The molecule has 0 bridgehead atoms.